The first-order chi connectivity index (χ1) is 12.5. The summed E-state index contributed by atoms with van der Waals surface area (Å²) in [6, 6.07) is 21.3. The molecule has 1 aromatic heterocycles. The number of hydrogen-bond acceptors (Lipinski definition) is 3. The maximum atomic E-state index is 5.79. The standard InChI is InChI=1S/C22H25O2S2/c1-16(2)23-18-7-11-20(12-8-18)26(22-6-5-15-25-22)21-13-9-19(10-14-21)24-17(3)4/h5-17H,1-4H3/q+1. The Morgan fingerprint density at radius 1 is 0.692 bits per heavy atom. The minimum atomic E-state index is -0.118. The molecule has 136 valence electrons. The molecule has 0 aliphatic heterocycles. The molecule has 0 saturated heterocycles. The van der Waals surface area contributed by atoms with E-state index in [1.165, 1.54) is 14.0 Å². The summed E-state index contributed by atoms with van der Waals surface area (Å²) in [6.45, 7) is 8.19. The van der Waals surface area contributed by atoms with E-state index in [1.54, 1.807) is 11.3 Å². The Morgan fingerprint density at radius 2 is 1.15 bits per heavy atom. The van der Waals surface area contributed by atoms with Crippen molar-refractivity contribution < 1.29 is 9.47 Å². The van der Waals surface area contributed by atoms with Gasteiger partial charge < -0.3 is 9.47 Å². The highest BCUT2D eigenvalue weighted by atomic mass is 32.2. The van der Waals surface area contributed by atoms with Crippen molar-refractivity contribution in [3.63, 3.8) is 0 Å². The number of hydrogen-bond donors (Lipinski definition) is 0. The first-order valence-corrected chi connectivity index (χ1v) is 10.9. The quantitative estimate of drug-likeness (QED) is 0.437. The topological polar surface area (TPSA) is 18.5 Å². The highest BCUT2D eigenvalue weighted by molar-refractivity contribution is 7.98. The number of ether oxygens (including phenoxy) is 2. The average Bonchev–Trinajstić information content (AvgIpc) is 3.11. The molecule has 3 rings (SSSR count). The predicted molar refractivity (Wildman–Crippen MR) is 111 cm³/mol. The van der Waals surface area contributed by atoms with E-state index in [2.05, 4.69) is 66.0 Å². The van der Waals surface area contributed by atoms with Gasteiger partial charge in [-0.25, -0.2) is 0 Å². The molecule has 0 saturated carbocycles. The molecule has 26 heavy (non-hydrogen) atoms. The van der Waals surface area contributed by atoms with Gasteiger partial charge in [-0.2, -0.15) is 0 Å². The molecule has 3 aromatic rings. The minimum Gasteiger partial charge on any atom is -0.491 e. The number of thiophene rings is 1. The van der Waals surface area contributed by atoms with Crippen molar-refractivity contribution >= 4 is 22.2 Å². The van der Waals surface area contributed by atoms with Gasteiger partial charge in [-0.05, 0) is 87.7 Å². The second-order valence-electron chi connectivity index (χ2n) is 6.51. The first-order valence-electron chi connectivity index (χ1n) is 8.84. The van der Waals surface area contributed by atoms with E-state index in [0.717, 1.165) is 11.5 Å². The second kappa shape index (κ2) is 8.65. The lowest BCUT2D eigenvalue weighted by Gasteiger charge is -2.12. The van der Waals surface area contributed by atoms with Crippen LogP contribution in [0.2, 0.25) is 0 Å². The molecule has 0 N–H and O–H groups in total. The van der Waals surface area contributed by atoms with E-state index in [-0.39, 0.29) is 23.1 Å². The predicted octanol–water partition coefficient (Wildman–Crippen LogP) is 6.42. The van der Waals surface area contributed by atoms with Crippen LogP contribution in [0, 0.1) is 0 Å². The summed E-state index contributed by atoms with van der Waals surface area (Å²) < 4.78 is 12.9. The van der Waals surface area contributed by atoms with Crippen LogP contribution in [0.3, 0.4) is 0 Å². The van der Waals surface area contributed by atoms with Crippen molar-refractivity contribution in [3.05, 3.63) is 66.0 Å². The lowest BCUT2D eigenvalue weighted by atomic mass is 10.3. The highest BCUT2D eigenvalue weighted by Gasteiger charge is 2.29. The zero-order valence-electron chi connectivity index (χ0n) is 15.6. The SMILES string of the molecule is CC(C)Oc1ccc([S+](c2ccc(OC(C)C)cc2)c2cccs2)cc1. The Balaban J connectivity index is 1.91. The van der Waals surface area contributed by atoms with Crippen LogP contribution in [0.15, 0.2) is 80.0 Å². The molecule has 0 fully saturated rings. The lowest BCUT2D eigenvalue weighted by molar-refractivity contribution is 0.242. The summed E-state index contributed by atoms with van der Waals surface area (Å²) in [7, 11) is -0.118. The van der Waals surface area contributed by atoms with Gasteiger partial charge in [-0.1, -0.05) is 11.3 Å². The summed E-state index contributed by atoms with van der Waals surface area (Å²) in [5.74, 6) is 1.83. The van der Waals surface area contributed by atoms with E-state index in [0.29, 0.717) is 0 Å². The van der Waals surface area contributed by atoms with Crippen LogP contribution < -0.4 is 9.47 Å². The Morgan fingerprint density at radius 3 is 1.50 bits per heavy atom. The van der Waals surface area contributed by atoms with Gasteiger partial charge in [0.2, 0.25) is 4.21 Å². The normalized spacial score (nSPS) is 11.3. The van der Waals surface area contributed by atoms with Gasteiger partial charge in [0.15, 0.2) is 9.79 Å². The summed E-state index contributed by atoms with van der Waals surface area (Å²) in [5, 5.41) is 2.14. The number of benzene rings is 2. The monoisotopic (exact) mass is 385 g/mol. The molecule has 0 spiro atoms. The third-order valence-corrected chi connectivity index (χ3v) is 7.03. The van der Waals surface area contributed by atoms with Crippen molar-refractivity contribution in [2.24, 2.45) is 0 Å². The fraction of sp³-hybridized carbons (Fsp3) is 0.273. The summed E-state index contributed by atoms with van der Waals surface area (Å²) >= 11 is 1.80. The molecule has 4 heteroatoms. The molecular weight excluding hydrogens is 360 g/mol. The zero-order chi connectivity index (χ0) is 18.5. The van der Waals surface area contributed by atoms with Crippen molar-refractivity contribution in [2.45, 2.75) is 53.9 Å². The molecule has 0 atom stereocenters. The van der Waals surface area contributed by atoms with Gasteiger partial charge in [0, 0.05) is 6.07 Å². The molecule has 2 aromatic carbocycles. The van der Waals surface area contributed by atoms with E-state index in [1.807, 2.05) is 27.7 Å². The molecule has 0 radical (unpaired) electrons. The van der Waals surface area contributed by atoms with Crippen molar-refractivity contribution in [2.75, 3.05) is 0 Å². The summed E-state index contributed by atoms with van der Waals surface area (Å²) in [4.78, 5) is 2.59. The smallest absolute Gasteiger partial charge is 0.220 e. The van der Waals surface area contributed by atoms with E-state index in [9.17, 15) is 0 Å². The van der Waals surface area contributed by atoms with Crippen LogP contribution in [-0.2, 0) is 10.9 Å². The van der Waals surface area contributed by atoms with Crippen LogP contribution in [0.25, 0.3) is 0 Å². The van der Waals surface area contributed by atoms with Gasteiger partial charge in [-0.3, -0.25) is 0 Å². The van der Waals surface area contributed by atoms with Crippen molar-refractivity contribution in [1.82, 2.24) is 0 Å². The molecule has 1 heterocycles. The van der Waals surface area contributed by atoms with Gasteiger partial charge in [0.25, 0.3) is 0 Å². The molecule has 0 unspecified atom stereocenters. The third-order valence-electron chi connectivity index (χ3n) is 3.56. The maximum absolute atomic E-state index is 5.79. The summed E-state index contributed by atoms with van der Waals surface area (Å²) in [6.07, 6.45) is 0.370. The molecular formula is C22H25O2S2+. The van der Waals surface area contributed by atoms with Crippen molar-refractivity contribution in [1.29, 1.82) is 0 Å². The molecule has 0 aliphatic carbocycles. The fourth-order valence-corrected chi connectivity index (χ4v) is 5.95. The van der Waals surface area contributed by atoms with Crippen LogP contribution in [0.4, 0.5) is 0 Å². The molecule has 0 amide bonds. The Kier molecular flexibility index (Phi) is 6.28. The van der Waals surface area contributed by atoms with E-state index < -0.39 is 0 Å². The Labute approximate surface area is 163 Å². The molecule has 0 bridgehead atoms. The largest absolute Gasteiger partial charge is 0.491 e. The zero-order valence-corrected chi connectivity index (χ0v) is 17.3. The molecule has 0 aliphatic rings. The minimum absolute atomic E-state index is 0.118. The van der Waals surface area contributed by atoms with Crippen molar-refractivity contribution in [3.8, 4) is 11.5 Å². The second-order valence-corrected chi connectivity index (χ2v) is 9.72. The fourth-order valence-electron chi connectivity index (χ4n) is 2.60. The lowest BCUT2D eigenvalue weighted by Crippen LogP contribution is -2.07. The third kappa shape index (κ3) is 4.83. The maximum Gasteiger partial charge on any atom is 0.220 e. The Hall–Kier alpha value is -1.91. The number of rotatable bonds is 7. The van der Waals surface area contributed by atoms with Crippen LogP contribution >= 0.6 is 11.3 Å². The first kappa shape index (κ1) is 18.9. The highest BCUT2D eigenvalue weighted by Crippen LogP contribution is 2.35. The van der Waals surface area contributed by atoms with Crippen LogP contribution in [-0.4, -0.2) is 12.2 Å². The van der Waals surface area contributed by atoms with Crippen LogP contribution in [0.5, 0.6) is 11.5 Å². The van der Waals surface area contributed by atoms with Gasteiger partial charge in [-0.15, -0.1) is 0 Å². The summed E-state index contributed by atoms with van der Waals surface area (Å²) in [5.41, 5.74) is 0. The molecule has 2 nitrogen and oxygen atoms in total. The average molecular weight is 386 g/mol. The van der Waals surface area contributed by atoms with Gasteiger partial charge in [0.1, 0.15) is 22.4 Å². The van der Waals surface area contributed by atoms with Gasteiger partial charge in [0.05, 0.1) is 12.2 Å². The van der Waals surface area contributed by atoms with E-state index in [4.69, 9.17) is 9.47 Å². The Bertz CT molecular complexity index is 738. The van der Waals surface area contributed by atoms with Gasteiger partial charge >= 0.3 is 0 Å². The van der Waals surface area contributed by atoms with E-state index >= 15 is 0 Å². The van der Waals surface area contributed by atoms with Crippen LogP contribution in [0.1, 0.15) is 27.7 Å².